The number of aromatic amines is 2. The van der Waals surface area contributed by atoms with Crippen LogP contribution in [0.25, 0.3) is 6.08 Å². The Morgan fingerprint density at radius 2 is 1.93 bits per heavy atom. The predicted molar refractivity (Wildman–Crippen MR) is 60.1 cm³/mol. The first-order valence-electron chi connectivity index (χ1n) is 4.40. The predicted octanol–water partition coefficient (Wildman–Crippen LogP) is 0.954. The molecule has 0 fully saturated rings. The molecule has 0 bridgehead atoms. The lowest BCUT2D eigenvalue weighted by Gasteiger charge is -2.07. The molecule has 0 atom stereocenters. The molecule has 1 rings (SSSR count). The van der Waals surface area contributed by atoms with Crippen LogP contribution in [0.4, 0.5) is 0 Å². The number of hydrogen-bond acceptors (Lipinski definition) is 2. The Morgan fingerprint density at radius 1 is 1.29 bits per heavy atom. The Balaban J connectivity index is 3.05. The minimum absolute atomic E-state index is 0.344. The molecule has 0 amide bonds. The van der Waals surface area contributed by atoms with Gasteiger partial charge < -0.3 is 4.98 Å². The molecule has 0 aliphatic rings. The summed E-state index contributed by atoms with van der Waals surface area (Å²) in [4.78, 5) is 26.6. The minimum atomic E-state index is -1.30. The van der Waals surface area contributed by atoms with Crippen molar-refractivity contribution in [2.24, 2.45) is 0 Å². The van der Waals surface area contributed by atoms with Gasteiger partial charge in [0.2, 0.25) is 0 Å². The van der Waals surface area contributed by atoms with Crippen LogP contribution in [-0.2, 0) is 0 Å². The monoisotopic (exact) mass is 210 g/mol. The van der Waals surface area contributed by atoms with Crippen molar-refractivity contribution in [3.8, 4) is 0 Å². The van der Waals surface area contributed by atoms with E-state index < -0.39 is 13.8 Å². The highest BCUT2D eigenvalue weighted by Crippen LogP contribution is 2.04. The number of rotatable bonds is 2. The number of H-pyrrole nitrogens is 2. The zero-order chi connectivity index (χ0) is 10.8. The van der Waals surface area contributed by atoms with Crippen LogP contribution < -0.4 is 11.2 Å². The van der Waals surface area contributed by atoms with E-state index in [1.54, 1.807) is 6.08 Å². The van der Waals surface area contributed by atoms with Gasteiger partial charge in [-0.3, -0.25) is 9.78 Å². The average molecular weight is 210 g/mol. The van der Waals surface area contributed by atoms with Crippen LogP contribution in [0.5, 0.6) is 0 Å². The van der Waals surface area contributed by atoms with Crippen LogP contribution in [0, 0.1) is 0 Å². The van der Waals surface area contributed by atoms with Crippen LogP contribution in [-0.4, -0.2) is 18.0 Å². The van der Waals surface area contributed by atoms with Gasteiger partial charge in [-0.25, -0.2) is 4.79 Å². The van der Waals surface area contributed by atoms with Gasteiger partial charge in [0.1, 0.15) is 0 Å². The summed E-state index contributed by atoms with van der Waals surface area (Å²) in [5.41, 5.74) is 1.73. The Labute approximate surface area is 82.7 Å². The van der Waals surface area contributed by atoms with E-state index in [4.69, 9.17) is 0 Å². The first-order chi connectivity index (χ1) is 6.38. The summed E-state index contributed by atoms with van der Waals surface area (Å²) in [7, 11) is -1.30. The van der Waals surface area contributed by atoms with Crippen LogP contribution in [0.15, 0.2) is 21.5 Å². The van der Waals surface area contributed by atoms with Crippen LogP contribution >= 0.6 is 0 Å². The van der Waals surface area contributed by atoms with Crippen molar-refractivity contribution in [1.82, 2.24) is 9.97 Å². The van der Waals surface area contributed by atoms with Crippen molar-refractivity contribution in [2.75, 3.05) is 0 Å². The normalized spacial score (nSPS) is 12.2. The van der Waals surface area contributed by atoms with Crippen LogP contribution in [0.1, 0.15) is 5.56 Å². The third-order valence-electron chi connectivity index (χ3n) is 1.61. The third kappa shape index (κ3) is 3.18. The lowest BCUT2D eigenvalue weighted by atomic mass is 10.3. The quantitative estimate of drug-likeness (QED) is 0.714. The van der Waals surface area contributed by atoms with E-state index >= 15 is 0 Å². The van der Waals surface area contributed by atoms with Gasteiger partial charge in [0, 0.05) is 6.20 Å². The zero-order valence-corrected chi connectivity index (χ0v) is 9.55. The van der Waals surface area contributed by atoms with Crippen molar-refractivity contribution >= 4 is 14.1 Å². The highest BCUT2D eigenvalue weighted by Gasteiger charge is 2.07. The second-order valence-corrected chi connectivity index (χ2v) is 9.29. The fraction of sp³-hybridized carbons (Fsp3) is 0.333. The fourth-order valence-corrected chi connectivity index (χ4v) is 1.56. The summed E-state index contributed by atoms with van der Waals surface area (Å²) < 4.78 is 0. The molecule has 1 aromatic heterocycles. The smallest absolute Gasteiger partial charge is 0.314 e. The maximum Gasteiger partial charge on any atom is 0.325 e. The minimum Gasteiger partial charge on any atom is -0.314 e. The zero-order valence-electron chi connectivity index (χ0n) is 8.55. The van der Waals surface area contributed by atoms with E-state index in [1.165, 1.54) is 6.20 Å². The van der Waals surface area contributed by atoms with Crippen molar-refractivity contribution in [1.29, 1.82) is 0 Å². The molecular weight excluding hydrogens is 196 g/mol. The molecule has 0 radical (unpaired) electrons. The van der Waals surface area contributed by atoms with Crippen LogP contribution in [0.2, 0.25) is 19.6 Å². The van der Waals surface area contributed by atoms with Gasteiger partial charge in [0.05, 0.1) is 13.6 Å². The molecule has 0 aromatic carbocycles. The van der Waals surface area contributed by atoms with Gasteiger partial charge in [-0.1, -0.05) is 31.4 Å². The largest absolute Gasteiger partial charge is 0.325 e. The average Bonchev–Trinajstić information content (AvgIpc) is 2.00. The molecule has 1 heterocycles. The standard InChI is InChI=1S/C9H14N2O2Si/c1-14(2,3)5-4-7-6-10-9(13)11-8(7)12/h4-6H,1-3H3,(H2,10,11,12,13). The van der Waals surface area contributed by atoms with Gasteiger partial charge in [-0.05, 0) is 0 Å². The fourth-order valence-electron chi connectivity index (χ4n) is 0.884. The molecule has 4 nitrogen and oxygen atoms in total. The molecule has 2 N–H and O–H groups in total. The molecule has 0 saturated heterocycles. The maximum absolute atomic E-state index is 11.2. The van der Waals surface area contributed by atoms with E-state index in [0.29, 0.717) is 5.56 Å². The highest BCUT2D eigenvalue weighted by molar-refractivity contribution is 6.81. The molecule has 14 heavy (non-hydrogen) atoms. The molecule has 0 aliphatic heterocycles. The Bertz CT molecular complexity index is 451. The van der Waals surface area contributed by atoms with Crippen molar-refractivity contribution in [3.05, 3.63) is 38.3 Å². The number of nitrogens with one attached hydrogen (secondary N) is 2. The second-order valence-electron chi connectivity index (χ2n) is 4.23. The second kappa shape index (κ2) is 3.79. The van der Waals surface area contributed by atoms with Crippen LogP contribution in [0.3, 0.4) is 0 Å². The molecule has 0 saturated carbocycles. The molecule has 0 aliphatic carbocycles. The van der Waals surface area contributed by atoms with E-state index in [0.717, 1.165) is 0 Å². The summed E-state index contributed by atoms with van der Waals surface area (Å²) in [6.07, 6.45) is 3.19. The van der Waals surface area contributed by atoms with E-state index in [2.05, 4.69) is 35.3 Å². The summed E-state index contributed by atoms with van der Waals surface area (Å²) in [5, 5.41) is 0. The molecule has 1 aromatic rings. The number of hydrogen-bond donors (Lipinski definition) is 2. The Hall–Kier alpha value is -1.36. The topological polar surface area (TPSA) is 65.7 Å². The summed E-state index contributed by atoms with van der Waals surface area (Å²) >= 11 is 0. The van der Waals surface area contributed by atoms with E-state index in [-0.39, 0.29) is 5.56 Å². The van der Waals surface area contributed by atoms with E-state index in [9.17, 15) is 9.59 Å². The highest BCUT2D eigenvalue weighted by atomic mass is 28.3. The van der Waals surface area contributed by atoms with Crippen molar-refractivity contribution in [3.63, 3.8) is 0 Å². The lowest BCUT2D eigenvalue weighted by Crippen LogP contribution is -2.23. The molecule has 0 unspecified atom stereocenters. The van der Waals surface area contributed by atoms with Gasteiger partial charge in [0.15, 0.2) is 0 Å². The Morgan fingerprint density at radius 3 is 2.43 bits per heavy atom. The SMILES string of the molecule is C[Si](C)(C)C=Cc1c[nH]c(=O)[nH]c1=O. The van der Waals surface area contributed by atoms with Gasteiger partial charge >= 0.3 is 5.69 Å². The third-order valence-corrected chi connectivity index (χ3v) is 2.78. The molecule has 5 heteroatoms. The molecule has 76 valence electrons. The van der Waals surface area contributed by atoms with E-state index in [1.807, 2.05) is 0 Å². The molecular formula is C9H14N2O2Si. The lowest BCUT2D eigenvalue weighted by molar-refractivity contribution is 1.03. The number of aromatic nitrogens is 2. The molecule has 0 spiro atoms. The van der Waals surface area contributed by atoms with Gasteiger partial charge in [-0.2, -0.15) is 0 Å². The first kappa shape index (κ1) is 10.7. The summed E-state index contributed by atoms with van der Waals surface area (Å²) in [6.45, 7) is 6.51. The van der Waals surface area contributed by atoms with Gasteiger partial charge in [-0.15, -0.1) is 0 Å². The summed E-state index contributed by atoms with van der Waals surface area (Å²) in [5.74, 6) is 0. The van der Waals surface area contributed by atoms with Crippen molar-refractivity contribution in [2.45, 2.75) is 19.6 Å². The maximum atomic E-state index is 11.2. The Kier molecular flexibility index (Phi) is 2.90. The first-order valence-corrected chi connectivity index (χ1v) is 7.97. The summed E-state index contributed by atoms with van der Waals surface area (Å²) in [6, 6.07) is 0. The van der Waals surface area contributed by atoms with Crippen molar-refractivity contribution < 1.29 is 0 Å². The van der Waals surface area contributed by atoms with Gasteiger partial charge in [0.25, 0.3) is 5.56 Å².